The van der Waals surface area contributed by atoms with Crippen molar-refractivity contribution in [2.24, 2.45) is 0 Å². The van der Waals surface area contributed by atoms with Crippen LogP contribution in [-0.4, -0.2) is 26.8 Å². The monoisotopic (exact) mass is 236 g/mol. The van der Waals surface area contributed by atoms with Crippen LogP contribution in [0.3, 0.4) is 0 Å². The Morgan fingerprint density at radius 3 is 3.06 bits per heavy atom. The lowest BCUT2D eigenvalue weighted by Crippen LogP contribution is -2.37. The van der Waals surface area contributed by atoms with Crippen LogP contribution < -0.4 is 5.48 Å². The van der Waals surface area contributed by atoms with Crippen LogP contribution in [-0.2, 0) is 16.2 Å². The summed E-state index contributed by atoms with van der Waals surface area (Å²) >= 11 is 0. The molecule has 1 saturated carbocycles. The summed E-state index contributed by atoms with van der Waals surface area (Å²) in [5.41, 5.74) is 2.56. The second-order valence-corrected chi connectivity index (χ2v) is 4.67. The number of fused-ring (bicyclic) bond motifs is 1. The van der Waals surface area contributed by atoms with Crippen LogP contribution in [0.5, 0.6) is 0 Å². The van der Waals surface area contributed by atoms with Gasteiger partial charge in [-0.1, -0.05) is 0 Å². The SMILES string of the molecule is O=C(NOC1CCC1)C1CCCn2ncnc21. The second kappa shape index (κ2) is 4.44. The Morgan fingerprint density at radius 1 is 1.41 bits per heavy atom. The zero-order valence-electron chi connectivity index (χ0n) is 9.63. The fraction of sp³-hybridized carbons (Fsp3) is 0.727. The molecule has 0 radical (unpaired) electrons. The molecule has 2 heterocycles. The molecule has 0 bridgehead atoms. The predicted octanol–water partition coefficient (Wildman–Crippen LogP) is 0.756. The van der Waals surface area contributed by atoms with E-state index < -0.39 is 0 Å². The maximum atomic E-state index is 12.0. The van der Waals surface area contributed by atoms with E-state index in [1.807, 2.05) is 0 Å². The molecule has 6 heteroatoms. The van der Waals surface area contributed by atoms with Gasteiger partial charge in [-0.25, -0.2) is 15.1 Å². The van der Waals surface area contributed by atoms with Crippen molar-refractivity contribution in [1.29, 1.82) is 0 Å². The Balaban J connectivity index is 1.62. The zero-order valence-corrected chi connectivity index (χ0v) is 9.63. The summed E-state index contributed by atoms with van der Waals surface area (Å²) in [6.45, 7) is 0.850. The molecule has 1 atom stereocenters. The Bertz CT molecular complexity index is 413. The van der Waals surface area contributed by atoms with E-state index in [2.05, 4.69) is 15.6 Å². The van der Waals surface area contributed by atoms with Crippen LogP contribution in [0, 0.1) is 0 Å². The summed E-state index contributed by atoms with van der Waals surface area (Å²) in [6, 6.07) is 0. The number of hydrogen-bond donors (Lipinski definition) is 1. The standard InChI is InChI=1S/C11H16N4O2/c16-11(14-17-8-3-1-4-8)9-5-2-6-15-10(9)12-7-13-15/h7-9H,1-6H2,(H,14,16). The Kier molecular flexibility index (Phi) is 2.80. The van der Waals surface area contributed by atoms with Gasteiger partial charge in [0.2, 0.25) is 0 Å². The Morgan fingerprint density at radius 2 is 2.29 bits per heavy atom. The minimum absolute atomic E-state index is 0.0918. The van der Waals surface area contributed by atoms with E-state index in [1.165, 1.54) is 12.7 Å². The first-order valence-corrected chi connectivity index (χ1v) is 6.18. The van der Waals surface area contributed by atoms with Gasteiger partial charge in [-0.05, 0) is 32.1 Å². The number of hydroxylamine groups is 1. The van der Waals surface area contributed by atoms with Crippen LogP contribution in [0.25, 0.3) is 0 Å². The number of amides is 1. The number of nitrogens with one attached hydrogen (secondary N) is 1. The van der Waals surface area contributed by atoms with E-state index >= 15 is 0 Å². The topological polar surface area (TPSA) is 69.0 Å². The molecule has 3 rings (SSSR count). The molecule has 0 aromatic carbocycles. The molecule has 1 aliphatic carbocycles. The maximum Gasteiger partial charge on any atom is 0.254 e. The van der Waals surface area contributed by atoms with Gasteiger partial charge >= 0.3 is 0 Å². The average molecular weight is 236 g/mol. The van der Waals surface area contributed by atoms with Crippen molar-refractivity contribution in [1.82, 2.24) is 20.2 Å². The lowest BCUT2D eigenvalue weighted by molar-refractivity contribution is -0.145. The van der Waals surface area contributed by atoms with E-state index in [1.54, 1.807) is 4.68 Å². The first kappa shape index (κ1) is 10.7. The van der Waals surface area contributed by atoms with E-state index in [4.69, 9.17) is 4.84 Å². The van der Waals surface area contributed by atoms with Crippen molar-refractivity contribution in [3.63, 3.8) is 0 Å². The number of aryl methyl sites for hydroxylation is 1. The fourth-order valence-corrected chi connectivity index (χ4v) is 2.24. The van der Waals surface area contributed by atoms with Crippen molar-refractivity contribution in [3.8, 4) is 0 Å². The molecular formula is C11H16N4O2. The van der Waals surface area contributed by atoms with Crippen molar-refractivity contribution in [3.05, 3.63) is 12.2 Å². The summed E-state index contributed by atoms with van der Waals surface area (Å²) in [7, 11) is 0. The van der Waals surface area contributed by atoms with E-state index in [0.717, 1.165) is 38.1 Å². The number of rotatable bonds is 3. The highest BCUT2D eigenvalue weighted by atomic mass is 16.7. The maximum absolute atomic E-state index is 12.0. The van der Waals surface area contributed by atoms with Crippen LogP contribution in [0.15, 0.2) is 6.33 Å². The Hall–Kier alpha value is -1.43. The van der Waals surface area contributed by atoms with Gasteiger partial charge in [-0.2, -0.15) is 5.10 Å². The van der Waals surface area contributed by atoms with Gasteiger partial charge in [0, 0.05) is 6.54 Å². The highest BCUT2D eigenvalue weighted by Gasteiger charge is 2.30. The van der Waals surface area contributed by atoms with Gasteiger partial charge in [0.25, 0.3) is 5.91 Å². The molecule has 1 N–H and O–H groups in total. The molecule has 1 aromatic heterocycles. The third kappa shape index (κ3) is 2.04. The second-order valence-electron chi connectivity index (χ2n) is 4.67. The molecule has 17 heavy (non-hydrogen) atoms. The van der Waals surface area contributed by atoms with Gasteiger partial charge < -0.3 is 0 Å². The van der Waals surface area contributed by atoms with Crippen molar-refractivity contribution < 1.29 is 9.63 Å². The number of nitrogens with zero attached hydrogens (tertiary/aromatic N) is 3. The molecule has 1 unspecified atom stereocenters. The summed E-state index contributed by atoms with van der Waals surface area (Å²) in [6.07, 6.45) is 6.77. The molecule has 0 saturated heterocycles. The van der Waals surface area contributed by atoms with Crippen molar-refractivity contribution in [2.45, 2.75) is 50.7 Å². The Labute approximate surface area is 99.3 Å². The molecule has 1 aliphatic heterocycles. The quantitative estimate of drug-likeness (QED) is 0.786. The van der Waals surface area contributed by atoms with Gasteiger partial charge in [0.1, 0.15) is 12.2 Å². The molecule has 92 valence electrons. The van der Waals surface area contributed by atoms with E-state index in [9.17, 15) is 4.79 Å². The van der Waals surface area contributed by atoms with Crippen LogP contribution in [0.2, 0.25) is 0 Å². The fourth-order valence-electron chi connectivity index (χ4n) is 2.24. The normalized spacial score (nSPS) is 23.9. The predicted molar refractivity (Wildman–Crippen MR) is 58.9 cm³/mol. The number of hydrogen-bond acceptors (Lipinski definition) is 4. The average Bonchev–Trinajstić information content (AvgIpc) is 2.74. The molecule has 1 fully saturated rings. The number of carbonyl (C=O) groups excluding carboxylic acids is 1. The molecule has 2 aliphatic rings. The first-order chi connectivity index (χ1) is 8.34. The third-order valence-electron chi connectivity index (χ3n) is 3.51. The molecule has 6 nitrogen and oxygen atoms in total. The molecular weight excluding hydrogens is 220 g/mol. The van der Waals surface area contributed by atoms with Crippen molar-refractivity contribution in [2.75, 3.05) is 0 Å². The first-order valence-electron chi connectivity index (χ1n) is 6.18. The highest BCUT2D eigenvalue weighted by Crippen LogP contribution is 2.25. The van der Waals surface area contributed by atoms with Gasteiger partial charge in [0.05, 0.1) is 12.0 Å². The highest BCUT2D eigenvalue weighted by molar-refractivity contribution is 5.81. The lowest BCUT2D eigenvalue weighted by atomic mass is 9.96. The summed E-state index contributed by atoms with van der Waals surface area (Å²) in [5, 5.41) is 4.10. The minimum atomic E-state index is -0.216. The lowest BCUT2D eigenvalue weighted by Gasteiger charge is -2.27. The summed E-state index contributed by atoms with van der Waals surface area (Å²) in [4.78, 5) is 21.5. The van der Waals surface area contributed by atoms with Gasteiger partial charge in [-0.3, -0.25) is 9.63 Å². The number of carbonyl (C=O) groups is 1. The van der Waals surface area contributed by atoms with Crippen molar-refractivity contribution >= 4 is 5.91 Å². The van der Waals surface area contributed by atoms with Crippen LogP contribution in [0.4, 0.5) is 0 Å². The van der Waals surface area contributed by atoms with E-state index in [0.29, 0.717) is 0 Å². The number of aromatic nitrogens is 3. The van der Waals surface area contributed by atoms with Crippen LogP contribution >= 0.6 is 0 Å². The smallest absolute Gasteiger partial charge is 0.254 e. The largest absolute Gasteiger partial charge is 0.272 e. The molecule has 0 spiro atoms. The summed E-state index contributed by atoms with van der Waals surface area (Å²) in [5.74, 6) is 0.447. The summed E-state index contributed by atoms with van der Waals surface area (Å²) < 4.78 is 1.80. The zero-order chi connectivity index (χ0) is 11.7. The molecule has 1 aromatic rings. The van der Waals surface area contributed by atoms with Crippen LogP contribution in [0.1, 0.15) is 43.8 Å². The minimum Gasteiger partial charge on any atom is -0.272 e. The third-order valence-corrected chi connectivity index (χ3v) is 3.51. The van der Waals surface area contributed by atoms with Gasteiger partial charge in [-0.15, -0.1) is 0 Å². The van der Waals surface area contributed by atoms with E-state index in [-0.39, 0.29) is 17.9 Å². The molecule has 1 amide bonds. The van der Waals surface area contributed by atoms with Gasteiger partial charge in [0.15, 0.2) is 0 Å².